The zero-order valence-electron chi connectivity index (χ0n) is 17.6. The van der Waals surface area contributed by atoms with Gasteiger partial charge in [-0.1, -0.05) is 51.1 Å². The Kier molecular flexibility index (Phi) is 6.55. The fraction of sp³-hybridized carbons (Fsp3) is 0.391. The van der Waals surface area contributed by atoms with E-state index in [4.69, 9.17) is 9.16 Å². The topological polar surface area (TPSA) is 55.8 Å². The third kappa shape index (κ3) is 4.00. The highest BCUT2D eigenvalue weighted by molar-refractivity contribution is 6.73. The molecule has 1 saturated heterocycles. The van der Waals surface area contributed by atoms with Gasteiger partial charge in [0.05, 0.1) is 13.2 Å². The molecule has 1 fully saturated rings. The fourth-order valence-corrected chi connectivity index (χ4v) is 6.69. The van der Waals surface area contributed by atoms with Gasteiger partial charge in [0.25, 0.3) is 11.8 Å². The number of nitrogens with zero attached hydrogens (tertiary/aromatic N) is 1. The number of amides is 2. The molecule has 29 heavy (non-hydrogen) atoms. The van der Waals surface area contributed by atoms with Crippen molar-refractivity contribution < 1.29 is 18.8 Å². The van der Waals surface area contributed by atoms with Crippen molar-refractivity contribution in [3.05, 3.63) is 65.7 Å². The first-order valence-corrected chi connectivity index (χ1v) is 12.8. The Labute approximate surface area is 173 Å². The molecule has 3 rings (SSSR count). The second-order valence-corrected chi connectivity index (χ2v) is 12.1. The second kappa shape index (κ2) is 8.92. The Morgan fingerprint density at radius 3 is 2.07 bits per heavy atom. The van der Waals surface area contributed by atoms with Crippen molar-refractivity contribution in [3.8, 4) is 5.75 Å². The van der Waals surface area contributed by atoms with Crippen LogP contribution in [0.3, 0.4) is 0 Å². The van der Waals surface area contributed by atoms with Crippen molar-refractivity contribution >= 4 is 20.1 Å². The van der Waals surface area contributed by atoms with E-state index in [1.807, 2.05) is 30.3 Å². The van der Waals surface area contributed by atoms with Crippen LogP contribution in [0.25, 0.3) is 0 Å². The molecule has 1 aliphatic heterocycles. The molecule has 0 aromatic heterocycles. The Hall–Kier alpha value is -2.44. The van der Waals surface area contributed by atoms with Crippen LogP contribution >= 0.6 is 0 Å². The molecular weight excluding hydrogens is 382 g/mol. The van der Waals surface area contributed by atoms with Gasteiger partial charge in [-0.15, -0.1) is 0 Å². The van der Waals surface area contributed by atoms with E-state index in [9.17, 15) is 9.59 Å². The van der Waals surface area contributed by atoms with Gasteiger partial charge in [-0.25, -0.2) is 0 Å². The normalized spacial score (nSPS) is 19.0. The lowest BCUT2D eigenvalue weighted by molar-refractivity contribution is -0.158. The molecule has 2 amide bonds. The molecule has 0 N–H and O–H groups in total. The van der Waals surface area contributed by atoms with E-state index in [1.165, 1.54) is 4.90 Å². The van der Waals surface area contributed by atoms with Crippen molar-refractivity contribution in [2.75, 3.05) is 7.11 Å². The predicted molar refractivity (Wildman–Crippen MR) is 115 cm³/mol. The summed E-state index contributed by atoms with van der Waals surface area (Å²) in [6.45, 7) is 6.41. The van der Waals surface area contributed by atoms with E-state index < -0.39 is 20.5 Å². The molecule has 1 aliphatic rings. The maximum atomic E-state index is 13.1. The minimum atomic E-state index is -2.01. The number of rotatable bonds is 8. The molecule has 2 atom stereocenters. The maximum absolute atomic E-state index is 13.1. The molecule has 6 heteroatoms. The Bertz CT molecular complexity index is 841. The van der Waals surface area contributed by atoms with Gasteiger partial charge in [-0.3, -0.25) is 14.5 Å². The number of imide groups is 1. The number of β-lactam (4-membered cyclic amide) rings is 1. The van der Waals surface area contributed by atoms with Crippen LogP contribution in [0, 0.1) is 0 Å². The van der Waals surface area contributed by atoms with Crippen molar-refractivity contribution in [3.63, 3.8) is 0 Å². The van der Waals surface area contributed by atoms with Crippen LogP contribution in [0.1, 0.15) is 42.7 Å². The maximum Gasteiger partial charge on any atom is 0.261 e. The number of carbonyl (C=O) groups excluding carboxylic acids is 2. The van der Waals surface area contributed by atoms with Crippen molar-refractivity contribution in [2.45, 2.75) is 51.0 Å². The lowest BCUT2D eigenvalue weighted by Gasteiger charge is -2.48. The average molecular weight is 412 g/mol. The SMILES string of the molecule is CC[Si](CC)(CC)OC1C(=O)N(C(=O)c2ccccc2)C1c1ccc(OC)cc1. The first kappa shape index (κ1) is 21.3. The summed E-state index contributed by atoms with van der Waals surface area (Å²) in [4.78, 5) is 27.5. The molecule has 0 bridgehead atoms. The van der Waals surface area contributed by atoms with Gasteiger partial charge in [-0.05, 0) is 48.0 Å². The van der Waals surface area contributed by atoms with Crippen LogP contribution in [-0.2, 0) is 9.22 Å². The molecule has 154 valence electrons. The quantitative estimate of drug-likeness (QED) is 0.355. The first-order valence-electron chi connectivity index (χ1n) is 10.2. The summed E-state index contributed by atoms with van der Waals surface area (Å²) >= 11 is 0. The van der Waals surface area contributed by atoms with Gasteiger partial charge < -0.3 is 9.16 Å². The van der Waals surface area contributed by atoms with Crippen LogP contribution in [-0.4, -0.2) is 38.2 Å². The molecule has 0 radical (unpaired) electrons. The molecule has 5 nitrogen and oxygen atoms in total. The minimum Gasteiger partial charge on any atom is -0.497 e. The fourth-order valence-electron chi connectivity index (χ4n) is 3.92. The van der Waals surface area contributed by atoms with E-state index in [0.29, 0.717) is 5.56 Å². The summed E-state index contributed by atoms with van der Waals surface area (Å²) < 4.78 is 11.8. The van der Waals surface area contributed by atoms with Crippen molar-refractivity contribution in [1.82, 2.24) is 4.90 Å². The lowest BCUT2D eigenvalue weighted by Crippen LogP contribution is -2.64. The minimum absolute atomic E-state index is 0.244. The molecule has 2 unspecified atom stereocenters. The Morgan fingerprint density at radius 2 is 1.55 bits per heavy atom. The molecular formula is C23H29NO4Si. The number of likely N-dealkylation sites (tertiary alicyclic amines) is 1. The van der Waals surface area contributed by atoms with E-state index in [1.54, 1.807) is 31.4 Å². The number of ether oxygens (including phenoxy) is 1. The summed E-state index contributed by atoms with van der Waals surface area (Å²) in [6, 6.07) is 18.9. The van der Waals surface area contributed by atoms with Gasteiger partial charge in [0.15, 0.2) is 14.4 Å². The van der Waals surface area contributed by atoms with Crippen molar-refractivity contribution in [2.24, 2.45) is 0 Å². The molecule has 0 aliphatic carbocycles. The molecule has 2 aromatic rings. The van der Waals surface area contributed by atoms with Crippen LogP contribution in [0.15, 0.2) is 54.6 Å². The van der Waals surface area contributed by atoms with Crippen LogP contribution < -0.4 is 4.74 Å². The summed E-state index contributed by atoms with van der Waals surface area (Å²) in [7, 11) is -0.398. The van der Waals surface area contributed by atoms with Gasteiger partial charge in [0, 0.05) is 5.56 Å². The van der Waals surface area contributed by atoms with Gasteiger partial charge >= 0.3 is 0 Å². The average Bonchev–Trinajstić information content (AvgIpc) is 2.79. The van der Waals surface area contributed by atoms with E-state index in [2.05, 4.69) is 20.8 Å². The largest absolute Gasteiger partial charge is 0.497 e. The Balaban J connectivity index is 1.96. The van der Waals surface area contributed by atoms with Gasteiger partial charge in [0.2, 0.25) is 0 Å². The second-order valence-electron chi connectivity index (χ2n) is 7.38. The Morgan fingerprint density at radius 1 is 0.966 bits per heavy atom. The lowest BCUT2D eigenvalue weighted by atomic mass is 9.90. The molecule has 2 aromatic carbocycles. The first-order chi connectivity index (χ1) is 14.0. The number of hydrogen-bond acceptors (Lipinski definition) is 4. The monoisotopic (exact) mass is 411 g/mol. The van der Waals surface area contributed by atoms with Crippen molar-refractivity contribution in [1.29, 1.82) is 0 Å². The standard InChI is InChI=1S/C23H29NO4Si/c1-5-29(6-2,7-3)28-21-20(17-13-15-19(27-4)16-14-17)24(23(21)26)22(25)18-11-9-8-10-12-18/h8-16,20-21H,5-7H2,1-4H3. The number of methoxy groups -OCH3 is 1. The van der Waals surface area contributed by atoms with Crippen LogP contribution in [0.2, 0.25) is 18.1 Å². The predicted octanol–water partition coefficient (Wildman–Crippen LogP) is 4.81. The highest BCUT2D eigenvalue weighted by Gasteiger charge is 2.54. The zero-order valence-corrected chi connectivity index (χ0v) is 18.6. The molecule has 1 heterocycles. The summed E-state index contributed by atoms with van der Waals surface area (Å²) in [6.07, 6.45) is -0.609. The van der Waals surface area contributed by atoms with Gasteiger partial charge in [-0.2, -0.15) is 0 Å². The summed E-state index contributed by atoms with van der Waals surface area (Å²) in [5.74, 6) is 0.206. The van der Waals surface area contributed by atoms with Crippen LogP contribution in [0.5, 0.6) is 5.75 Å². The molecule has 0 saturated carbocycles. The number of carbonyl (C=O) groups is 2. The van der Waals surface area contributed by atoms with E-state index >= 15 is 0 Å². The smallest absolute Gasteiger partial charge is 0.261 e. The number of hydrogen-bond donors (Lipinski definition) is 0. The summed E-state index contributed by atoms with van der Waals surface area (Å²) in [5.41, 5.74) is 1.38. The van der Waals surface area contributed by atoms with E-state index in [0.717, 1.165) is 29.4 Å². The van der Waals surface area contributed by atoms with Gasteiger partial charge in [0.1, 0.15) is 5.75 Å². The highest BCUT2D eigenvalue weighted by atomic mass is 28.4. The third-order valence-corrected chi connectivity index (χ3v) is 10.7. The van der Waals surface area contributed by atoms with E-state index in [-0.39, 0.29) is 11.8 Å². The zero-order chi connectivity index (χ0) is 21.0. The molecule has 0 spiro atoms. The summed E-state index contributed by atoms with van der Waals surface area (Å²) in [5, 5.41) is 0. The number of benzene rings is 2. The van der Waals surface area contributed by atoms with Crippen LogP contribution in [0.4, 0.5) is 0 Å². The highest BCUT2D eigenvalue weighted by Crippen LogP contribution is 2.41. The third-order valence-electron chi connectivity index (χ3n) is 6.05.